The molecule has 3 saturated carbocycles. The zero-order chi connectivity index (χ0) is 38.6. The van der Waals surface area contributed by atoms with Gasteiger partial charge in [0.1, 0.15) is 23.4 Å². The molecule has 0 aromatic heterocycles. The smallest absolute Gasteiger partial charge is 0.235 e. The summed E-state index contributed by atoms with van der Waals surface area (Å²) in [6.45, 7) is 22.1. The Balaban J connectivity index is 1.19. The van der Waals surface area contributed by atoms with Crippen LogP contribution in [0.25, 0.3) is 16.5 Å². The highest BCUT2D eigenvalue weighted by Crippen LogP contribution is 2.70. The quantitative estimate of drug-likeness (QED) is 0.269. The Morgan fingerprint density at radius 2 is 1.63 bits per heavy atom. The third-order valence-electron chi connectivity index (χ3n) is 16.7. The zero-order valence-electron chi connectivity index (χ0n) is 33.9. The number of Topliss-reactive ketones (excluding diaryl/α,β-unsaturated/α-hetero) is 1. The van der Waals surface area contributed by atoms with Gasteiger partial charge in [-0.3, -0.25) is 4.79 Å². The maximum atomic E-state index is 15.0. The van der Waals surface area contributed by atoms with Gasteiger partial charge in [-0.2, -0.15) is 0 Å². The lowest BCUT2D eigenvalue weighted by atomic mass is 9.45. The largest absolute Gasteiger partial charge is 0.507 e. The van der Waals surface area contributed by atoms with Crippen molar-refractivity contribution < 1.29 is 34.3 Å². The number of phenols is 2. The molecule has 54 heavy (non-hydrogen) atoms. The predicted molar refractivity (Wildman–Crippen MR) is 210 cm³/mol. The first-order valence-electron chi connectivity index (χ1n) is 20.8. The van der Waals surface area contributed by atoms with E-state index in [9.17, 15) is 20.1 Å². The summed E-state index contributed by atoms with van der Waals surface area (Å²) in [5.74, 6) is 3.07. The number of aliphatic hydroxyl groups is 1. The van der Waals surface area contributed by atoms with Crippen molar-refractivity contribution in [2.75, 3.05) is 0 Å². The monoisotopic (exact) mass is 736 g/mol. The van der Waals surface area contributed by atoms with Crippen molar-refractivity contribution in [2.45, 2.75) is 144 Å². The number of aliphatic hydroxyl groups excluding tert-OH is 1. The summed E-state index contributed by atoms with van der Waals surface area (Å²) in [6, 6.07) is 1.71. The van der Waals surface area contributed by atoms with Crippen LogP contribution in [0.15, 0.2) is 35.6 Å². The fourth-order valence-electron chi connectivity index (χ4n) is 12.8. The maximum Gasteiger partial charge on any atom is 0.235 e. The van der Waals surface area contributed by atoms with Gasteiger partial charge in [0.2, 0.25) is 11.5 Å². The number of carbonyl (C=O) groups is 1. The van der Waals surface area contributed by atoms with Crippen LogP contribution in [0.2, 0.25) is 0 Å². The molecule has 11 atom stereocenters. The molecule has 2 aromatic carbocycles. The Labute approximate surface area is 320 Å². The van der Waals surface area contributed by atoms with Crippen LogP contribution in [0.5, 0.6) is 17.2 Å². The van der Waals surface area contributed by atoms with Crippen LogP contribution >= 0.6 is 0 Å². The second-order valence-corrected chi connectivity index (χ2v) is 19.9. The number of carbonyl (C=O) groups excluding carboxylic acids is 1. The van der Waals surface area contributed by atoms with Gasteiger partial charge >= 0.3 is 0 Å². The second-order valence-electron chi connectivity index (χ2n) is 19.9. The number of ether oxygens (including phenoxy) is 3. The fourth-order valence-corrected chi connectivity index (χ4v) is 12.8. The lowest BCUT2D eigenvalue weighted by molar-refractivity contribution is -0.228. The van der Waals surface area contributed by atoms with E-state index in [0.717, 1.165) is 31.2 Å². The number of hydrogen-bond donors (Lipinski definition) is 3. The number of ketones is 1. The molecule has 5 aliphatic carbocycles. The molecule has 7 aliphatic rings. The van der Waals surface area contributed by atoms with Crippen LogP contribution in [0, 0.1) is 53.3 Å². The molecule has 3 unspecified atom stereocenters. The van der Waals surface area contributed by atoms with Gasteiger partial charge in [-0.15, -0.1) is 0 Å². The van der Waals surface area contributed by atoms with Gasteiger partial charge in [-0.1, -0.05) is 73.1 Å². The number of fused-ring (bicyclic) bond motifs is 7. The number of allylic oxidation sites excluding steroid dienone is 4. The maximum absolute atomic E-state index is 15.0. The SMILES string of the molecule is Cc1cc(O)c2c3c(c(O)c4c(c13)OC(C)C4(C)C)C(=O)C1=C2O[C@H]2C=C3C4CC[C@H]([C@H](C)/C=C/[C@H](C)C(C)C)[C@@]4(C)CCC3[C@@]3(C)CC[C@H](O)C[C@]23O1. The minimum atomic E-state index is -0.998. The fraction of sp³-hybridized carbons (Fsp3) is 0.638. The number of aromatic hydroxyl groups is 2. The lowest BCUT2D eigenvalue weighted by Crippen LogP contribution is -2.68. The second kappa shape index (κ2) is 11.6. The van der Waals surface area contributed by atoms with Crippen molar-refractivity contribution >= 4 is 22.3 Å². The van der Waals surface area contributed by atoms with Gasteiger partial charge in [0.15, 0.2) is 17.5 Å². The standard InChI is InChI=1S/C47H60O7/c1-22(2)23(3)11-12-24(4)29-13-14-30-28-20-33-47(21-27(48)15-18-46(47,10)31(28)16-17-45(29,30)9)54-43-40(51)37-36-34(25(5)19-32(49)35(36)42(43)53-33)41-38(39(37)50)44(7,8)26(6)52-41/h11-12,19-20,22-24,26-27,29-31,33,48-50H,13-18,21H2,1-10H3/b12-11+/t23-,24+,26?,27-,29+,30?,31?,33-,45+,46+,47-/m0/s1. The molecule has 0 radical (unpaired) electrons. The summed E-state index contributed by atoms with van der Waals surface area (Å²) < 4.78 is 20.9. The van der Waals surface area contributed by atoms with E-state index in [1.54, 1.807) is 6.07 Å². The molecule has 7 nitrogen and oxygen atoms in total. The van der Waals surface area contributed by atoms with E-state index in [1.807, 2.05) is 27.7 Å². The molecule has 2 aliphatic heterocycles. The topological polar surface area (TPSA) is 105 Å². The van der Waals surface area contributed by atoms with E-state index in [-0.39, 0.29) is 46.0 Å². The molecule has 2 aromatic rings. The molecule has 1 spiro atoms. The lowest BCUT2D eigenvalue weighted by Gasteiger charge is -2.65. The van der Waals surface area contributed by atoms with Crippen molar-refractivity contribution in [3.63, 3.8) is 0 Å². The average Bonchev–Trinajstić information content (AvgIpc) is 3.57. The number of rotatable bonds is 4. The Morgan fingerprint density at radius 1 is 0.889 bits per heavy atom. The van der Waals surface area contributed by atoms with Crippen molar-refractivity contribution in [2.24, 2.45) is 46.3 Å². The van der Waals surface area contributed by atoms with E-state index in [0.29, 0.717) is 70.1 Å². The van der Waals surface area contributed by atoms with Gasteiger partial charge in [0.05, 0.1) is 17.2 Å². The Morgan fingerprint density at radius 3 is 2.35 bits per heavy atom. The van der Waals surface area contributed by atoms with E-state index in [1.165, 1.54) is 12.0 Å². The van der Waals surface area contributed by atoms with Crippen molar-refractivity contribution in [3.8, 4) is 17.2 Å². The molecule has 3 fully saturated rings. The van der Waals surface area contributed by atoms with Crippen LogP contribution < -0.4 is 4.74 Å². The summed E-state index contributed by atoms with van der Waals surface area (Å²) in [7, 11) is 0. The molecule has 0 amide bonds. The molecule has 0 saturated heterocycles. The Kier molecular flexibility index (Phi) is 7.74. The minimum absolute atomic E-state index is 0.0224. The summed E-state index contributed by atoms with van der Waals surface area (Å²) in [5, 5.41) is 36.4. The van der Waals surface area contributed by atoms with E-state index < -0.39 is 34.4 Å². The van der Waals surface area contributed by atoms with Crippen LogP contribution in [-0.4, -0.2) is 45.0 Å². The third-order valence-corrected chi connectivity index (χ3v) is 16.7. The summed E-state index contributed by atoms with van der Waals surface area (Å²) in [6.07, 6.45) is 12.1. The number of hydrogen-bond acceptors (Lipinski definition) is 7. The van der Waals surface area contributed by atoms with Crippen LogP contribution in [0.1, 0.15) is 134 Å². The molecule has 7 heteroatoms. The zero-order valence-corrected chi connectivity index (χ0v) is 33.9. The molecule has 2 heterocycles. The van der Waals surface area contributed by atoms with Gasteiger partial charge in [0.25, 0.3) is 0 Å². The summed E-state index contributed by atoms with van der Waals surface area (Å²) >= 11 is 0. The Hall–Kier alpha value is -3.45. The van der Waals surface area contributed by atoms with Crippen LogP contribution in [0.4, 0.5) is 0 Å². The first-order valence-corrected chi connectivity index (χ1v) is 20.8. The highest BCUT2D eigenvalue weighted by Gasteiger charge is 2.70. The molecule has 0 bridgehead atoms. The van der Waals surface area contributed by atoms with E-state index in [2.05, 4.69) is 59.8 Å². The molecule has 290 valence electrons. The van der Waals surface area contributed by atoms with E-state index in [4.69, 9.17) is 14.2 Å². The first-order chi connectivity index (χ1) is 25.4. The molecule has 9 rings (SSSR count). The number of aryl methyl sites for hydroxylation is 1. The normalized spacial score (nSPS) is 38.4. The highest BCUT2D eigenvalue weighted by molar-refractivity contribution is 6.27. The van der Waals surface area contributed by atoms with Crippen LogP contribution in [0.3, 0.4) is 0 Å². The van der Waals surface area contributed by atoms with Crippen molar-refractivity contribution in [1.29, 1.82) is 0 Å². The van der Waals surface area contributed by atoms with Crippen molar-refractivity contribution in [1.82, 2.24) is 0 Å². The number of phenolic OH excluding ortho intramolecular Hbond substituents is 2. The average molecular weight is 737 g/mol. The highest BCUT2D eigenvalue weighted by atomic mass is 16.6. The summed E-state index contributed by atoms with van der Waals surface area (Å²) in [4.78, 5) is 15.0. The number of benzene rings is 2. The van der Waals surface area contributed by atoms with Gasteiger partial charge in [0, 0.05) is 33.6 Å². The molecular formula is C47H60O7. The summed E-state index contributed by atoms with van der Waals surface area (Å²) in [5.41, 5.74) is 1.49. The molecular weight excluding hydrogens is 677 g/mol. The first kappa shape index (κ1) is 36.2. The minimum Gasteiger partial charge on any atom is -0.507 e. The van der Waals surface area contributed by atoms with E-state index >= 15 is 0 Å². The van der Waals surface area contributed by atoms with Gasteiger partial charge in [-0.25, -0.2) is 0 Å². The molecule has 3 N–H and O–H groups in total. The van der Waals surface area contributed by atoms with Crippen molar-refractivity contribution in [3.05, 3.63) is 57.9 Å². The predicted octanol–water partition coefficient (Wildman–Crippen LogP) is 10.1. The van der Waals surface area contributed by atoms with Gasteiger partial charge < -0.3 is 29.5 Å². The third kappa shape index (κ3) is 4.42. The Bertz CT molecular complexity index is 2090. The van der Waals surface area contributed by atoms with Crippen LogP contribution in [-0.2, 0) is 14.9 Å². The van der Waals surface area contributed by atoms with Gasteiger partial charge in [-0.05, 0) is 111 Å².